The SMILES string of the molecule is CC(C)N(C(=O)c1cc(F)ccc1Oc1cncnc1N1CC2(CCN(C(=O)OC(C)(C)C)CC2)C1)C(C)C. The molecule has 4 rings (SSSR count). The van der Waals surface area contributed by atoms with E-state index in [0.717, 1.165) is 25.9 Å². The molecule has 1 spiro atoms. The first-order valence-electron chi connectivity index (χ1n) is 13.6. The summed E-state index contributed by atoms with van der Waals surface area (Å²) in [6, 6.07) is 3.84. The van der Waals surface area contributed by atoms with Crippen LogP contribution < -0.4 is 9.64 Å². The number of ether oxygens (including phenoxy) is 2. The largest absolute Gasteiger partial charge is 0.451 e. The maximum absolute atomic E-state index is 14.3. The van der Waals surface area contributed by atoms with Gasteiger partial charge in [-0.05, 0) is 79.5 Å². The average molecular weight is 542 g/mol. The van der Waals surface area contributed by atoms with Gasteiger partial charge in [-0.1, -0.05) is 0 Å². The molecule has 1 aromatic heterocycles. The molecule has 10 heteroatoms. The summed E-state index contributed by atoms with van der Waals surface area (Å²) in [5.41, 5.74) is -0.270. The molecule has 0 bridgehead atoms. The van der Waals surface area contributed by atoms with Crippen LogP contribution in [0.2, 0.25) is 0 Å². The number of carbonyl (C=O) groups is 2. The lowest BCUT2D eigenvalue weighted by Gasteiger charge is -2.54. The number of aromatic nitrogens is 2. The highest BCUT2D eigenvalue weighted by Crippen LogP contribution is 2.45. The quantitative estimate of drug-likeness (QED) is 0.477. The lowest BCUT2D eigenvalue weighted by molar-refractivity contribution is 0.00585. The molecule has 2 saturated heterocycles. The van der Waals surface area contributed by atoms with E-state index in [9.17, 15) is 14.0 Å². The predicted molar refractivity (Wildman–Crippen MR) is 147 cm³/mol. The number of likely N-dealkylation sites (tertiary alicyclic amines) is 1. The Hall–Kier alpha value is -3.43. The third-order valence-electron chi connectivity index (χ3n) is 7.23. The molecule has 0 saturated carbocycles. The number of hydrogen-bond donors (Lipinski definition) is 0. The van der Waals surface area contributed by atoms with Crippen LogP contribution >= 0.6 is 0 Å². The van der Waals surface area contributed by atoms with Crippen LogP contribution in [0.25, 0.3) is 0 Å². The van der Waals surface area contributed by atoms with Crippen molar-refractivity contribution in [3.05, 3.63) is 42.1 Å². The summed E-state index contributed by atoms with van der Waals surface area (Å²) >= 11 is 0. The van der Waals surface area contributed by atoms with Crippen LogP contribution in [0.15, 0.2) is 30.7 Å². The second kappa shape index (κ2) is 11.0. The fraction of sp³-hybridized carbons (Fsp3) is 0.586. The minimum Gasteiger partial charge on any atom is -0.451 e. The molecule has 0 unspecified atom stereocenters. The second-order valence-corrected chi connectivity index (χ2v) is 12.2. The molecule has 0 aliphatic carbocycles. The molecular weight excluding hydrogens is 501 g/mol. The number of halogens is 1. The first-order chi connectivity index (χ1) is 18.3. The van der Waals surface area contributed by atoms with Crippen molar-refractivity contribution in [3.63, 3.8) is 0 Å². The van der Waals surface area contributed by atoms with Crippen molar-refractivity contribution in [1.29, 1.82) is 0 Å². The number of amides is 2. The van der Waals surface area contributed by atoms with Gasteiger partial charge in [-0.2, -0.15) is 0 Å². The van der Waals surface area contributed by atoms with Gasteiger partial charge in [0.2, 0.25) is 0 Å². The maximum atomic E-state index is 14.3. The molecule has 2 fully saturated rings. The lowest BCUT2D eigenvalue weighted by Crippen LogP contribution is -2.61. The van der Waals surface area contributed by atoms with Gasteiger partial charge in [-0.3, -0.25) is 4.79 Å². The molecule has 9 nitrogen and oxygen atoms in total. The highest BCUT2D eigenvalue weighted by Gasteiger charge is 2.47. The molecule has 2 aliphatic rings. The van der Waals surface area contributed by atoms with E-state index in [1.54, 1.807) is 16.0 Å². The summed E-state index contributed by atoms with van der Waals surface area (Å²) in [6.07, 6.45) is 4.52. The molecule has 212 valence electrons. The average Bonchev–Trinajstić information content (AvgIpc) is 2.82. The fourth-order valence-electron chi connectivity index (χ4n) is 5.42. The summed E-state index contributed by atoms with van der Waals surface area (Å²) in [4.78, 5) is 40.1. The summed E-state index contributed by atoms with van der Waals surface area (Å²) in [7, 11) is 0. The van der Waals surface area contributed by atoms with E-state index in [2.05, 4.69) is 14.9 Å². The van der Waals surface area contributed by atoms with Gasteiger partial charge >= 0.3 is 6.09 Å². The normalized spacial score (nSPS) is 16.9. The van der Waals surface area contributed by atoms with Crippen LogP contribution in [0.4, 0.5) is 15.0 Å². The van der Waals surface area contributed by atoms with Gasteiger partial charge in [-0.25, -0.2) is 19.2 Å². The molecule has 39 heavy (non-hydrogen) atoms. The Kier molecular flexibility index (Phi) is 8.04. The number of piperidine rings is 1. The smallest absolute Gasteiger partial charge is 0.410 e. The molecule has 1 aromatic carbocycles. The molecular formula is C29H40FN5O4. The van der Waals surface area contributed by atoms with E-state index in [-0.39, 0.29) is 40.8 Å². The minimum atomic E-state index is -0.514. The van der Waals surface area contributed by atoms with Gasteiger partial charge in [0.05, 0.1) is 11.8 Å². The second-order valence-electron chi connectivity index (χ2n) is 12.2. The first-order valence-corrected chi connectivity index (χ1v) is 13.6. The molecule has 0 atom stereocenters. The van der Waals surface area contributed by atoms with Crippen LogP contribution in [-0.4, -0.2) is 75.6 Å². The van der Waals surface area contributed by atoms with E-state index >= 15 is 0 Å². The van der Waals surface area contributed by atoms with Crippen molar-refractivity contribution in [2.45, 2.75) is 79.0 Å². The Morgan fingerprint density at radius 1 is 1.05 bits per heavy atom. The van der Waals surface area contributed by atoms with Crippen LogP contribution in [-0.2, 0) is 4.74 Å². The lowest BCUT2D eigenvalue weighted by atomic mass is 9.72. The van der Waals surface area contributed by atoms with Crippen LogP contribution in [0.1, 0.15) is 71.7 Å². The number of rotatable bonds is 6. The van der Waals surface area contributed by atoms with Gasteiger partial charge in [0.1, 0.15) is 23.5 Å². The molecule has 2 aliphatic heterocycles. The zero-order valence-electron chi connectivity index (χ0n) is 24.0. The van der Waals surface area contributed by atoms with Gasteiger partial charge in [-0.15, -0.1) is 0 Å². The zero-order valence-corrected chi connectivity index (χ0v) is 24.0. The standard InChI is InChI=1S/C29H40FN5O4/c1-19(2)35(20(3)4)26(36)22-14-21(30)8-9-23(22)38-24-15-31-18-32-25(24)34-16-29(17-34)10-12-33(13-11-29)27(37)39-28(5,6)7/h8-9,14-15,18-20H,10-13,16-17H2,1-7H3. The summed E-state index contributed by atoms with van der Waals surface area (Å²) in [5, 5.41) is 0. The number of carbonyl (C=O) groups excluding carboxylic acids is 2. The van der Waals surface area contributed by atoms with Gasteiger partial charge in [0.25, 0.3) is 5.91 Å². The monoisotopic (exact) mass is 541 g/mol. The van der Waals surface area contributed by atoms with Crippen LogP contribution in [0.5, 0.6) is 11.5 Å². The Morgan fingerprint density at radius 2 is 1.69 bits per heavy atom. The van der Waals surface area contributed by atoms with Gasteiger partial charge in [0, 0.05) is 43.7 Å². The Balaban J connectivity index is 1.47. The third-order valence-corrected chi connectivity index (χ3v) is 7.23. The Labute approximate surface area is 230 Å². The van der Waals surface area contributed by atoms with Crippen molar-refractivity contribution in [3.8, 4) is 11.5 Å². The molecule has 3 heterocycles. The van der Waals surface area contributed by atoms with Crippen molar-refractivity contribution < 1.29 is 23.5 Å². The molecule has 0 radical (unpaired) electrons. The van der Waals surface area contributed by atoms with Crippen molar-refractivity contribution in [2.75, 3.05) is 31.1 Å². The predicted octanol–water partition coefficient (Wildman–Crippen LogP) is 5.50. The Morgan fingerprint density at radius 3 is 2.28 bits per heavy atom. The highest BCUT2D eigenvalue weighted by atomic mass is 19.1. The molecule has 0 N–H and O–H groups in total. The Bertz CT molecular complexity index is 1190. The minimum absolute atomic E-state index is 0.0664. The maximum Gasteiger partial charge on any atom is 0.410 e. The van der Waals surface area contributed by atoms with Crippen molar-refractivity contribution >= 4 is 17.8 Å². The van der Waals surface area contributed by atoms with Crippen molar-refractivity contribution in [2.24, 2.45) is 5.41 Å². The summed E-state index contributed by atoms with van der Waals surface area (Å²) < 4.78 is 26.0. The topological polar surface area (TPSA) is 88.1 Å². The zero-order chi connectivity index (χ0) is 28.5. The number of benzene rings is 1. The highest BCUT2D eigenvalue weighted by molar-refractivity contribution is 5.97. The number of nitrogens with zero attached hydrogens (tertiary/aromatic N) is 5. The van der Waals surface area contributed by atoms with E-state index < -0.39 is 11.4 Å². The third kappa shape index (κ3) is 6.42. The van der Waals surface area contributed by atoms with E-state index in [1.807, 2.05) is 48.5 Å². The molecule has 2 aromatic rings. The van der Waals surface area contributed by atoms with E-state index in [4.69, 9.17) is 9.47 Å². The molecule has 2 amide bonds. The number of hydrogen-bond acceptors (Lipinski definition) is 7. The van der Waals surface area contributed by atoms with Crippen LogP contribution in [0, 0.1) is 11.2 Å². The first kappa shape index (κ1) is 28.6. The van der Waals surface area contributed by atoms with Crippen LogP contribution in [0.3, 0.4) is 0 Å². The van der Waals surface area contributed by atoms with Crippen molar-refractivity contribution in [1.82, 2.24) is 19.8 Å². The van der Waals surface area contributed by atoms with E-state index in [0.29, 0.717) is 24.7 Å². The fourth-order valence-corrected chi connectivity index (χ4v) is 5.42. The van der Waals surface area contributed by atoms with Gasteiger partial charge < -0.3 is 24.2 Å². The summed E-state index contributed by atoms with van der Waals surface area (Å²) in [5.74, 6) is 0.472. The van der Waals surface area contributed by atoms with E-state index in [1.165, 1.54) is 24.5 Å². The summed E-state index contributed by atoms with van der Waals surface area (Å²) in [6.45, 7) is 16.2. The number of anilines is 1. The van der Waals surface area contributed by atoms with Gasteiger partial charge in [0.15, 0.2) is 11.6 Å².